The molecule has 118 valence electrons. The van der Waals surface area contributed by atoms with Crippen molar-refractivity contribution in [3.8, 4) is 0 Å². The molecule has 0 radical (unpaired) electrons. The molecule has 3 atom stereocenters. The molecule has 0 amide bonds. The van der Waals surface area contributed by atoms with Gasteiger partial charge in [0.1, 0.15) is 0 Å². The molecule has 0 saturated heterocycles. The lowest BCUT2D eigenvalue weighted by Crippen LogP contribution is -2.34. The van der Waals surface area contributed by atoms with E-state index in [2.05, 4.69) is 5.32 Å². The lowest BCUT2D eigenvalue weighted by atomic mass is 10.1. The molecule has 1 fully saturated rings. The summed E-state index contributed by atoms with van der Waals surface area (Å²) in [6.07, 6.45) is -3.18. The summed E-state index contributed by atoms with van der Waals surface area (Å²) >= 11 is 0. The van der Waals surface area contributed by atoms with Crippen molar-refractivity contribution in [2.24, 2.45) is 5.92 Å². The Labute approximate surface area is 122 Å². The molecule has 0 aromatic heterocycles. The Morgan fingerprint density at radius 2 is 1.71 bits per heavy atom. The van der Waals surface area contributed by atoms with Gasteiger partial charge in [0, 0.05) is 6.04 Å². The van der Waals surface area contributed by atoms with Crippen LogP contribution in [0, 0.1) is 5.92 Å². The Hall–Kier alpha value is -1.08. The number of halogens is 3. The van der Waals surface area contributed by atoms with Gasteiger partial charge in [-0.25, -0.2) is 8.42 Å². The predicted octanol–water partition coefficient (Wildman–Crippen LogP) is 2.87. The fourth-order valence-electron chi connectivity index (χ4n) is 2.98. The maximum atomic E-state index is 12.6. The highest BCUT2D eigenvalue weighted by Gasteiger charge is 2.41. The lowest BCUT2D eigenvalue weighted by molar-refractivity contribution is -0.137. The van der Waals surface area contributed by atoms with E-state index in [-0.39, 0.29) is 16.9 Å². The largest absolute Gasteiger partial charge is 0.416 e. The molecule has 1 aliphatic rings. The monoisotopic (exact) mass is 321 g/mol. The number of nitrogens with one attached hydrogen (secondary N) is 1. The Morgan fingerprint density at radius 3 is 2.14 bits per heavy atom. The number of sulfone groups is 1. The third-order valence-corrected chi connectivity index (χ3v) is 6.65. The van der Waals surface area contributed by atoms with Gasteiger partial charge in [0.2, 0.25) is 0 Å². The molecule has 0 heterocycles. The molecule has 1 aromatic rings. The number of benzene rings is 1. The topological polar surface area (TPSA) is 46.2 Å². The quantitative estimate of drug-likeness (QED) is 0.931. The number of hydrogen-bond donors (Lipinski definition) is 1. The van der Waals surface area contributed by atoms with Crippen molar-refractivity contribution in [1.82, 2.24) is 5.32 Å². The van der Waals surface area contributed by atoms with Gasteiger partial charge >= 0.3 is 6.18 Å². The van der Waals surface area contributed by atoms with E-state index in [0.717, 1.165) is 30.7 Å². The zero-order valence-corrected chi connectivity index (χ0v) is 12.6. The van der Waals surface area contributed by atoms with Crippen LogP contribution in [0.1, 0.15) is 25.3 Å². The molecule has 1 aliphatic carbocycles. The molecule has 1 N–H and O–H groups in total. The van der Waals surface area contributed by atoms with Crippen molar-refractivity contribution in [3.05, 3.63) is 29.8 Å². The fraction of sp³-hybridized carbons (Fsp3) is 0.571. The zero-order valence-electron chi connectivity index (χ0n) is 11.8. The van der Waals surface area contributed by atoms with Crippen LogP contribution in [0.15, 0.2) is 29.2 Å². The van der Waals surface area contributed by atoms with Crippen LogP contribution < -0.4 is 5.32 Å². The smallest absolute Gasteiger partial charge is 0.317 e. The fourth-order valence-corrected chi connectivity index (χ4v) is 5.05. The highest BCUT2D eigenvalue weighted by molar-refractivity contribution is 7.92. The summed E-state index contributed by atoms with van der Waals surface area (Å²) in [5, 5.41) is 2.53. The molecule has 1 aromatic carbocycles. The maximum Gasteiger partial charge on any atom is 0.416 e. The molecular weight excluding hydrogens is 303 g/mol. The Morgan fingerprint density at radius 1 is 1.14 bits per heavy atom. The van der Waals surface area contributed by atoms with Crippen molar-refractivity contribution >= 4 is 9.84 Å². The summed E-state index contributed by atoms with van der Waals surface area (Å²) in [5.41, 5.74) is -0.839. The second kappa shape index (κ2) is 5.61. The van der Waals surface area contributed by atoms with Crippen LogP contribution in [0.2, 0.25) is 0 Å². The van der Waals surface area contributed by atoms with Crippen molar-refractivity contribution in [3.63, 3.8) is 0 Å². The van der Waals surface area contributed by atoms with Gasteiger partial charge in [0.15, 0.2) is 9.84 Å². The van der Waals surface area contributed by atoms with Crippen LogP contribution in [0.3, 0.4) is 0 Å². The second-order valence-corrected chi connectivity index (χ2v) is 7.60. The lowest BCUT2D eigenvalue weighted by Gasteiger charge is -2.20. The predicted molar refractivity (Wildman–Crippen MR) is 73.7 cm³/mol. The minimum absolute atomic E-state index is 0.0379. The molecule has 0 spiro atoms. The van der Waals surface area contributed by atoms with Gasteiger partial charge in [-0.1, -0.05) is 6.92 Å². The summed E-state index contributed by atoms with van der Waals surface area (Å²) < 4.78 is 62.7. The van der Waals surface area contributed by atoms with Crippen LogP contribution in [-0.2, 0) is 16.0 Å². The van der Waals surface area contributed by atoms with E-state index in [1.165, 1.54) is 0 Å². The summed E-state index contributed by atoms with van der Waals surface area (Å²) in [7, 11) is -1.81. The third-order valence-electron chi connectivity index (χ3n) is 4.26. The van der Waals surface area contributed by atoms with Gasteiger partial charge in [-0.2, -0.15) is 13.2 Å². The summed E-state index contributed by atoms with van der Waals surface area (Å²) in [6.45, 7) is 1.86. The molecular formula is C14H18F3NO2S. The average molecular weight is 321 g/mol. The zero-order chi connectivity index (χ0) is 15.8. The number of hydrogen-bond acceptors (Lipinski definition) is 3. The highest BCUT2D eigenvalue weighted by Crippen LogP contribution is 2.36. The van der Waals surface area contributed by atoms with Crippen molar-refractivity contribution in [2.45, 2.75) is 42.1 Å². The van der Waals surface area contributed by atoms with E-state index >= 15 is 0 Å². The normalized spacial score (nSPS) is 27.0. The summed E-state index contributed by atoms with van der Waals surface area (Å²) in [4.78, 5) is -0.0379. The van der Waals surface area contributed by atoms with E-state index in [1.54, 1.807) is 7.05 Å². The molecule has 0 bridgehead atoms. The molecule has 3 nitrogen and oxygen atoms in total. The van der Waals surface area contributed by atoms with Gasteiger partial charge in [-0.15, -0.1) is 0 Å². The molecule has 7 heteroatoms. The minimum Gasteiger partial charge on any atom is -0.317 e. The maximum absolute atomic E-state index is 12.6. The first-order chi connectivity index (χ1) is 9.67. The average Bonchev–Trinajstić information content (AvgIpc) is 2.79. The van der Waals surface area contributed by atoms with Crippen LogP contribution in [0.5, 0.6) is 0 Å². The SMILES string of the molecule is CNC1CCC(S(=O)(=O)c2ccc(C(F)(F)F)cc2)C1C. The molecule has 21 heavy (non-hydrogen) atoms. The summed E-state index contributed by atoms with van der Waals surface area (Å²) in [6, 6.07) is 3.87. The summed E-state index contributed by atoms with van der Waals surface area (Å²) in [5.74, 6) is -0.0673. The molecule has 0 aliphatic heterocycles. The Bertz CT molecular complexity index is 596. The van der Waals surface area contributed by atoms with E-state index in [1.807, 2.05) is 6.92 Å². The minimum atomic E-state index is -4.46. The van der Waals surface area contributed by atoms with Crippen LogP contribution in [-0.4, -0.2) is 26.8 Å². The Balaban J connectivity index is 2.29. The van der Waals surface area contributed by atoms with Crippen molar-refractivity contribution < 1.29 is 21.6 Å². The number of rotatable bonds is 3. The standard InChI is InChI=1S/C14H18F3NO2S/c1-9-12(18-2)7-8-13(9)21(19,20)11-5-3-10(4-6-11)14(15,16)17/h3-6,9,12-13,18H,7-8H2,1-2H3. The van der Waals surface area contributed by atoms with Gasteiger partial charge in [0.05, 0.1) is 15.7 Å². The van der Waals surface area contributed by atoms with Crippen LogP contribution in [0.4, 0.5) is 13.2 Å². The second-order valence-electron chi connectivity index (χ2n) is 5.44. The van der Waals surface area contributed by atoms with Gasteiger partial charge in [-0.3, -0.25) is 0 Å². The van der Waals surface area contributed by atoms with Gasteiger partial charge < -0.3 is 5.32 Å². The van der Waals surface area contributed by atoms with Gasteiger partial charge in [0.25, 0.3) is 0 Å². The van der Waals surface area contributed by atoms with E-state index in [9.17, 15) is 21.6 Å². The van der Waals surface area contributed by atoms with E-state index < -0.39 is 26.8 Å². The van der Waals surface area contributed by atoms with Crippen molar-refractivity contribution in [2.75, 3.05) is 7.05 Å². The first-order valence-corrected chi connectivity index (χ1v) is 8.31. The van der Waals surface area contributed by atoms with Crippen LogP contribution >= 0.6 is 0 Å². The van der Waals surface area contributed by atoms with Crippen molar-refractivity contribution in [1.29, 1.82) is 0 Å². The third kappa shape index (κ3) is 3.08. The van der Waals surface area contributed by atoms with Crippen LogP contribution in [0.25, 0.3) is 0 Å². The van der Waals surface area contributed by atoms with Gasteiger partial charge in [-0.05, 0) is 50.1 Å². The number of alkyl halides is 3. The first kappa shape index (κ1) is 16.3. The molecule has 1 saturated carbocycles. The molecule has 2 rings (SSSR count). The van der Waals surface area contributed by atoms with E-state index in [0.29, 0.717) is 6.42 Å². The Kier molecular flexibility index (Phi) is 4.35. The molecule has 3 unspecified atom stereocenters. The highest BCUT2D eigenvalue weighted by atomic mass is 32.2. The van der Waals surface area contributed by atoms with E-state index in [4.69, 9.17) is 0 Å². The first-order valence-electron chi connectivity index (χ1n) is 6.76.